The van der Waals surface area contributed by atoms with Crippen molar-refractivity contribution in [3.8, 4) is 5.75 Å². The molecular weight excluding hydrogens is 455 g/mol. The molecule has 2 aromatic carbocycles. The van der Waals surface area contributed by atoms with Crippen LogP contribution in [-0.4, -0.2) is 49.5 Å². The number of fused-ring (bicyclic) bond motifs is 1. The highest BCUT2D eigenvalue weighted by atomic mass is 35.5. The summed E-state index contributed by atoms with van der Waals surface area (Å²) >= 11 is 6.61. The molecule has 1 amide bonds. The molecule has 178 valence electrons. The van der Waals surface area contributed by atoms with Crippen LogP contribution in [0.15, 0.2) is 60.8 Å². The molecule has 0 bridgehead atoms. The smallest absolute Gasteiger partial charge is 0.257 e. The predicted molar refractivity (Wildman–Crippen MR) is 132 cm³/mol. The summed E-state index contributed by atoms with van der Waals surface area (Å²) in [6.45, 7) is 2.34. The van der Waals surface area contributed by atoms with Crippen LogP contribution >= 0.6 is 11.6 Å². The van der Waals surface area contributed by atoms with E-state index in [4.69, 9.17) is 16.3 Å². The fraction of sp³-hybridized carbons (Fsp3) is 0.308. The Balaban J connectivity index is 1.51. The molecule has 0 spiro atoms. The van der Waals surface area contributed by atoms with Gasteiger partial charge in [-0.3, -0.25) is 4.79 Å². The van der Waals surface area contributed by atoms with Gasteiger partial charge in [0.2, 0.25) is 0 Å². The number of ether oxygens (including phenoxy) is 1. The number of aromatic nitrogens is 1. The number of halogens is 2. The molecule has 1 unspecified atom stereocenters. The number of benzene rings is 2. The zero-order chi connectivity index (χ0) is 24.1. The minimum atomic E-state index is -0.322. The van der Waals surface area contributed by atoms with Gasteiger partial charge in [-0.25, -0.2) is 9.37 Å². The average molecular weight is 483 g/mol. The lowest BCUT2D eigenvalue weighted by molar-refractivity contribution is 0.0754. The second-order valence-electron chi connectivity index (χ2n) is 8.33. The molecule has 2 heterocycles. The van der Waals surface area contributed by atoms with Crippen molar-refractivity contribution in [2.24, 2.45) is 0 Å². The van der Waals surface area contributed by atoms with Crippen molar-refractivity contribution in [3.05, 3.63) is 88.3 Å². The lowest BCUT2D eigenvalue weighted by atomic mass is 10.1. The molecule has 0 fully saturated rings. The number of hydrogen-bond acceptors (Lipinski definition) is 5. The van der Waals surface area contributed by atoms with E-state index in [0.717, 1.165) is 17.7 Å². The minimum absolute atomic E-state index is 0.0675. The lowest BCUT2D eigenvalue weighted by Gasteiger charge is -2.23. The quantitative estimate of drug-likeness (QED) is 0.504. The van der Waals surface area contributed by atoms with Gasteiger partial charge >= 0.3 is 0 Å². The van der Waals surface area contributed by atoms with Gasteiger partial charge in [0.15, 0.2) is 0 Å². The first kappa shape index (κ1) is 24.0. The number of hydrogen-bond donors (Lipinski definition) is 1. The Morgan fingerprint density at radius 2 is 2.03 bits per heavy atom. The molecular formula is C26H28ClFN4O2. The van der Waals surface area contributed by atoms with Gasteiger partial charge in [0, 0.05) is 44.3 Å². The minimum Gasteiger partial charge on any atom is -0.486 e. The number of amides is 1. The van der Waals surface area contributed by atoms with E-state index < -0.39 is 0 Å². The van der Waals surface area contributed by atoms with Crippen LogP contribution in [0, 0.1) is 5.82 Å². The van der Waals surface area contributed by atoms with Gasteiger partial charge in [-0.15, -0.1) is 0 Å². The van der Waals surface area contributed by atoms with Crippen LogP contribution in [0.2, 0.25) is 5.02 Å². The zero-order valence-corrected chi connectivity index (χ0v) is 20.1. The number of anilines is 1. The Kier molecular flexibility index (Phi) is 7.65. The van der Waals surface area contributed by atoms with Gasteiger partial charge in [0.05, 0.1) is 5.56 Å². The second kappa shape index (κ2) is 10.8. The van der Waals surface area contributed by atoms with Crippen molar-refractivity contribution in [3.63, 3.8) is 0 Å². The Hall–Kier alpha value is -3.16. The molecule has 1 N–H and O–H groups in total. The van der Waals surface area contributed by atoms with E-state index >= 15 is 0 Å². The van der Waals surface area contributed by atoms with Crippen LogP contribution in [0.25, 0.3) is 0 Å². The normalized spacial score (nSPS) is 14.5. The number of carbonyl (C=O) groups is 1. The first-order valence-electron chi connectivity index (χ1n) is 11.3. The van der Waals surface area contributed by atoms with E-state index in [9.17, 15) is 9.18 Å². The number of pyridine rings is 1. The van der Waals surface area contributed by atoms with Crippen molar-refractivity contribution in [1.82, 2.24) is 15.2 Å². The van der Waals surface area contributed by atoms with E-state index in [-0.39, 0.29) is 17.8 Å². The number of rotatable bonds is 8. The molecule has 1 aromatic heterocycles. The van der Waals surface area contributed by atoms with Crippen LogP contribution < -0.4 is 15.0 Å². The van der Waals surface area contributed by atoms with Crippen LogP contribution in [0.3, 0.4) is 0 Å². The molecule has 3 aromatic rings. The van der Waals surface area contributed by atoms with Crippen molar-refractivity contribution < 1.29 is 13.9 Å². The molecule has 4 rings (SSSR count). The van der Waals surface area contributed by atoms with Crippen LogP contribution in [0.5, 0.6) is 5.75 Å². The van der Waals surface area contributed by atoms with E-state index in [1.54, 1.807) is 35.4 Å². The largest absolute Gasteiger partial charge is 0.486 e. The Labute approximate surface area is 204 Å². The molecule has 1 atom stereocenters. The topological polar surface area (TPSA) is 57.7 Å². The highest BCUT2D eigenvalue weighted by Crippen LogP contribution is 2.30. The van der Waals surface area contributed by atoms with Crippen molar-refractivity contribution in [2.45, 2.75) is 19.1 Å². The third-order valence-corrected chi connectivity index (χ3v) is 6.26. The predicted octanol–water partition coefficient (Wildman–Crippen LogP) is 4.70. The second-order valence-corrected chi connectivity index (χ2v) is 8.74. The zero-order valence-electron chi connectivity index (χ0n) is 19.3. The summed E-state index contributed by atoms with van der Waals surface area (Å²) in [5.74, 6) is 0.918. The summed E-state index contributed by atoms with van der Waals surface area (Å²) < 4.78 is 20.0. The number of nitrogens with one attached hydrogen (secondary N) is 1. The molecule has 6 nitrogen and oxygen atoms in total. The van der Waals surface area contributed by atoms with E-state index in [0.29, 0.717) is 48.2 Å². The maximum Gasteiger partial charge on any atom is 0.257 e. The maximum absolute atomic E-state index is 13.8. The van der Waals surface area contributed by atoms with Crippen molar-refractivity contribution in [2.75, 3.05) is 38.6 Å². The first-order chi connectivity index (χ1) is 16.5. The van der Waals surface area contributed by atoms with Gasteiger partial charge in [0.25, 0.3) is 5.91 Å². The molecule has 0 aliphatic carbocycles. The summed E-state index contributed by atoms with van der Waals surface area (Å²) in [5.41, 5.74) is 2.18. The number of likely N-dealkylation sites (N-methyl/N-ethyl adjacent to an activating group) is 1. The van der Waals surface area contributed by atoms with Crippen LogP contribution in [0.4, 0.5) is 10.2 Å². The Bertz CT molecular complexity index is 1160. The standard InChI is InChI=1S/C26H28ClFN4O2/c1-29-12-10-24(18-5-3-6-20(28)15-18)34-21-9-8-19(23(27)16-21)17-32-14-13-31(2)25-22(26(32)33)7-4-11-30-25/h3-9,11,15-16,24,29H,10,12-14,17H2,1-2H3. The summed E-state index contributed by atoms with van der Waals surface area (Å²) in [4.78, 5) is 21.3. The maximum atomic E-state index is 13.8. The van der Waals surface area contributed by atoms with Gasteiger partial charge in [-0.2, -0.15) is 0 Å². The van der Waals surface area contributed by atoms with E-state index in [1.165, 1.54) is 12.1 Å². The Morgan fingerprint density at radius 3 is 2.79 bits per heavy atom. The number of nitrogens with zero attached hydrogens (tertiary/aromatic N) is 3. The summed E-state index contributed by atoms with van der Waals surface area (Å²) in [6, 6.07) is 15.5. The molecule has 0 saturated carbocycles. The first-order valence-corrected chi connectivity index (χ1v) is 11.6. The van der Waals surface area contributed by atoms with Crippen LogP contribution in [-0.2, 0) is 6.54 Å². The van der Waals surface area contributed by atoms with E-state index in [1.807, 2.05) is 37.2 Å². The summed E-state index contributed by atoms with van der Waals surface area (Å²) in [5, 5.41) is 3.62. The van der Waals surface area contributed by atoms with Crippen molar-refractivity contribution >= 4 is 23.3 Å². The monoisotopic (exact) mass is 482 g/mol. The summed E-state index contributed by atoms with van der Waals surface area (Å²) in [6.07, 6.45) is 2.04. The highest BCUT2D eigenvalue weighted by molar-refractivity contribution is 6.31. The third kappa shape index (κ3) is 5.48. The van der Waals surface area contributed by atoms with E-state index in [2.05, 4.69) is 10.3 Å². The number of carbonyl (C=O) groups excluding carboxylic acids is 1. The Morgan fingerprint density at radius 1 is 1.18 bits per heavy atom. The molecule has 0 saturated heterocycles. The SMILES string of the molecule is CNCCC(Oc1ccc(CN2CCN(C)c3ncccc3C2=O)c(Cl)c1)c1cccc(F)c1. The van der Waals surface area contributed by atoms with Gasteiger partial charge in [-0.1, -0.05) is 29.8 Å². The molecule has 8 heteroatoms. The molecule has 1 aliphatic heterocycles. The lowest BCUT2D eigenvalue weighted by Crippen LogP contribution is -2.33. The summed E-state index contributed by atoms with van der Waals surface area (Å²) in [7, 11) is 3.80. The molecule has 0 radical (unpaired) electrons. The fourth-order valence-electron chi connectivity index (χ4n) is 4.04. The van der Waals surface area contributed by atoms with Crippen molar-refractivity contribution in [1.29, 1.82) is 0 Å². The third-order valence-electron chi connectivity index (χ3n) is 5.91. The van der Waals surface area contributed by atoms with Gasteiger partial charge in [0.1, 0.15) is 23.5 Å². The average Bonchev–Trinajstić information content (AvgIpc) is 2.95. The van der Waals surface area contributed by atoms with Crippen LogP contribution in [0.1, 0.15) is 34.0 Å². The fourth-order valence-corrected chi connectivity index (χ4v) is 4.27. The molecule has 1 aliphatic rings. The van der Waals surface area contributed by atoms with Gasteiger partial charge < -0.3 is 19.9 Å². The molecule has 34 heavy (non-hydrogen) atoms. The van der Waals surface area contributed by atoms with Gasteiger partial charge in [-0.05, 0) is 61.1 Å². The highest BCUT2D eigenvalue weighted by Gasteiger charge is 2.26.